The predicted octanol–water partition coefficient (Wildman–Crippen LogP) is 1.93. The number of amides is 2. The van der Waals surface area contributed by atoms with Crippen LogP contribution in [-0.4, -0.2) is 41.8 Å². The lowest BCUT2D eigenvalue weighted by atomic mass is 10.0. The molecule has 0 radical (unpaired) electrons. The number of nitrogens with one attached hydrogen (secondary N) is 1. The molecule has 0 saturated carbocycles. The number of hydrogen-bond acceptors (Lipinski definition) is 4. The molecule has 1 aromatic heterocycles. The Bertz CT molecular complexity index is 745. The van der Waals surface area contributed by atoms with Crippen molar-refractivity contribution in [3.8, 4) is 11.1 Å². The second kappa shape index (κ2) is 7.59. The Balaban J connectivity index is 2.23. The van der Waals surface area contributed by atoms with Crippen molar-refractivity contribution in [2.45, 2.75) is 19.4 Å². The Morgan fingerprint density at radius 1 is 1.33 bits per heavy atom. The molecule has 0 spiro atoms. The van der Waals surface area contributed by atoms with Crippen LogP contribution in [0.4, 0.5) is 5.69 Å². The average Bonchev–Trinajstić information content (AvgIpc) is 2.60. The molecule has 0 bridgehead atoms. The van der Waals surface area contributed by atoms with Gasteiger partial charge in [0, 0.05) is 55.8 Å². The van der Waals surface area contributed by atoms with Gasteiger partial charge in [0.05, 0.1) is 0 Å². The summed E-state index contributed by atoms with van der Waals surface area (Å²) < 4.78 is 0. The van der Waals surface area contributed by atoms with Crippen molar-refractivity contribution < 1.29 is 9.59 Å². The number of carbonyl (C=O) groups is 2. The highest BCUT2D eigenvalue weighted by Crippen LogP contribution is 2.25. The number of hydrogen-bond donors (Lipinski definition) is 2. The second-order valence-electron chi connectivity index (χ2n) is 5.69. The number of aromatic nitrogens is 1. The smallest absolute Gasteiger partial charge is 0.253 e. The molecule has 0 fully saturated rings. The lowest BCUT2D eigenvalue weighted by Gasteiger charge is -2.24. The van der Waals surface area contributed by atoms with Gasteiger partial charge in [0.15, 0.2) is 0 Å². The first kappa shape index (κ1) is 17.5. The van der Waals surface area contributed by atoms with E-state index in [0.29, 0.717) is 11.3 Å². The molecule has 3 N–H and O–H groups in total. The Morgan fingerprint density at radius 2 is 2.08 bits per heavy atom. The van der Waals surface area contributed by atoms with Crippen molar-refractivity contribution in [2.24, 2.45) is 0 Å². The fourth-order valence-electron chi connectivity index (χ4n) is 2.38. The van der Waals surface area contributed by atoms with E-state index < -0.39 is 0 Å². The fourth-order valence-corrected chi connectivity index (χ4v) is 2.38. The minimum Gasteiger partial charge on any atom is -0.398 e. The lowest BCUT2D eigenvalue weighted by molar-refractivity contribution is -0.121. The Hall–Kier alpha value is -2.89. The minimum atomic E-state index is -0.204. The molecular formula is C18H22N4O2. The van der Waals surface area contributed by atoms with Crippen LogP contribution in [-0.2, 0) is 4.79 Å². The summed E-state index contributed by atoms with van der Waals surface area (Å²) in [5, 5.41) is 2.57. The zero-order valence-electron chi connectivity index (χ0n) is 14.1. The van der Waals surface area contributed by atoms with Gasteiger partial charge in [0.1, 0.15) is 0 Å². The van der Waals surface area contributed by atoms with E-state index in [0.717, 1.165) is 11.1 Å². The molecule has 6 heteroatoms. The third-order valence-corrected chi connectivity index (χ3v) is 4.02. The van der Waals surface area contributed by atoms with Crippen LogP contribution in [0.5, 0.6) is 0 Å². The third-order valence-electron chi connectivity index (χ3n) is 4.02. The number of nitrogen functional groups attached to an aromatic ring is 1. The summed E-state index contributed by atoms with van der Waals surface area (Å²) in [6.07, 6.45) is 3.56. The van der Waals surface area contributed by atoms with Crippen LogP contribution in [0.25, 0.3) is 11.1 Å². The molecule has 0 unspecified atom stereocenters. The van der Waals surface area contributed by atoms with Crippen LogP contribution >= 0.6 is 0 Å². The Kier molecular flexibility index (Phi) is 5.52. The maximum absolute atomic E-state index is 12.7. The summed E-state index contributed by atoms with van der Waals surface area (Å²) in [6.45, 7) is 1.84. The number of benzene rings is 1. The van der Waals surface area contributed by atoms with E-state index in [1.165, 1.54) is 0 Å². The first-order chi connectivity index (χ1) is 11.4. The largest absolute Gasteiger partial charge is 0.398 e. The molecule has 126 valence electrons. The minimum absolute atomic E-state index is 0.0981. The van der Waals surface area contributed by atoms with Gasteiger partial charge in [-0.05, 0) is 30.7 Å². The topological polar surface area (TPSA) is 88.3 Å². The van der Waals surface area contributed by atoms with E-state index in [1.54, 1.807) is 49.6 Å². The van der Waals surface area contributed by atoms with E-state index in [2.05, 4.69) is 10.3 Å². The summed E-state index contributed by atoms with van der Waals surface area (Å²) in [4.78, 5) is 29.8. The van der Waals surface area contributed by atoms with Crippen LogP contribution in [0.15, 0.2) is 42.7 Å². The lowest BCUT2D eigenvalue weighted by Crippen LogP contribution is -2.38. The molecule has 2 amide bonds. The van der Waals surface area contributed by atoms with E-state index in [1.807, 2.05) is 19.1 Å². The van der Waals surface area contributed by atoms with Gasteiger partial charge in [-0.1, -0.05) is 12.1 Å². The van der Waals surface area contributed by atoms with Gasteiger partial charge in [0.25, 0.3) is 5.91 Å². The number of nitrogens with two attached hydrogens (primary N) is 1. The average molecular weight is 326 g/mol. The Morgan fingerprint density at radius 3 is 2.75 bits per heavy atom. The molecule has 2 aromatic rings. The first-order valence-electron chi connectivity index (χ1n) is 7.71. The zero-order valence-corrected chi connectivity index (χ0v) is 14.1. The maximum Gasteiger partial charge on any atom is 0.253 e. The van der Waals surface area contributed by atoms with Gasteiger partial charge in [-0.15, -0.1) is 0 Å². The SMILES string of the molecule is CNC(=O)C[C@@H](C)N(C)C(=O)c1cccc(-c2cnccc2N)c1. The zero-order chi connectivity index (χ0) is 17.7. The predicted molar refractivity (Wildman–Crippen MR) is 94.3 cm³/mol. The molecule has 0 aliphatic carbocycles. The van der Waals surface area contributed by atoms with Crippen molar-refractivity contribution in [2.75, 3.05) is 19.8 Å². The van der Waals surface area contributed by atoms with Gasteiger partial charge in [-0.25, -0.2) is 0 Å². The van der Waals surface area contributed by atoms with Crippen LogP contribution < -0.4 is 11.1 Å². The molecule has 1 aromatic carbocycles. The highest BCUT2D eigenvalue weighted by Gasteiger charge is 2.20. The molecular weight excluding hydrogens is 304 g/mol. The van der Waals surface area contributed by atoms with Crippen molar-refractivity contribution in [3.63, 3.8) is 0 Å². The van der Waals surface area contributed by atoms with Gasteiger partial charge >= 0.3 is 0 Å². The monoisotopic (exact) mass is 326 g/mol. The van der Waals surface area contributed by atoms with Crippen molar-refractivity contribution in [1.82, 2.24) is 15.2 Å². The molecule has 0 aliphatic heterocycles. The standard InChI is InChI=1S/C18H22N4O2/c1-12(9-17(23)20-2)22(3)18(24)14-6-4-5-13(10-14)15-11-21-8-7-16(15)19/h4-8,10-12H,9H2,1-3H3,(H2,19,21)(H,20,23)/t12-/m1/s1. The highest BCUT2D eigenvalue weighted by molar-refractivity contribution is 5.96. The second-order valence-corrected chi connectivity index (χ2v) is 5.69. The number of nitrogens with zero attached hydrogens (tertiary/aromatic N) is 2. The summed E-state index contributed by atoms with van der Waals surface area (Å²) in [5.74, 6) is -0.241. The number of rotatable bonds is 5. The molecule has 24 heavy (non-hydrogen) atoms. The maximum atomic E-state index is 12.7. The molecule has 2 rings (SSSR count). The number of anilines is 1. The molecule has 0 aliphatic rings. The van der Waals surface area contributed by atoms with E-state index in [-0.39, 0.29) is 24.3 Å². The summed E-state index contributed by atoms with van der Waals surface area (Å²) in [5.41, 5.74) is 8.75. The van der Waals surface area contributed by atoms with Gasteiger partial charge in [0.2, 0.25) is 5.91 Å². The van der Waals surface area contributed by atoms with Gasteiger partial charge in [-0.3, -0.25) is 14.6 Å². The normalized spacial score (nSPS) is 11.6. The van der Waals surface area contributed by atoms with Crippen molar-refractivity contribution in [3.05, 3.63) is 48.3 Å². The van der Waals surface area contributed by atoms with Crippen LogP contribution in [0.1, 0.15) is 23.7 Å². The number of pyridine rings is 1. The Labute approximate surface area is 141 Å². The van der Waals surface area contributed by atoms with Crippen LogP contribution in [0, 0.1) is 0 Å². The third kappa shape index (κ3) is 3.90. The van der Waals surface area contributed by atoms with Crippen LogP contribution in [0.3, 0.4) is 0 Å². The summed E-state index contributed by atoms with van der Waals surface area (Å²) in [6, 6.07) is 8.76. The quantitative estimate of drug-likeness (QED) is 0.879. The molecule has 0 saturated heterocycles. The first-order valence-corrected chi connectivity index (χ1v) is 7.71. The summed E-state index contributed by atoms with van der Waals surface area (Å²) >= 11 is 0. The van der Waals surface area contributed by atoms with E-state index in [9.17, 15) is 9.59 Å². The van der Waals surface area contributed by atoms with Crippen molar-refractivity contribution >= 4 is 17.5 Å². The highest BCUT2D eigenvalue weighted by atomic mass is 16.2. The van der Waals surface area contributed by atoms with Crippen molar-refractivity contribution in [1.29, 1.82) is 0 Å². The van der Waals surface area contributed by atoms with E-state index >= 15 is 0 Å². The fraction of sp³-hybridized carbons (Fsp3) is 0.278. The van der Waals surface area contributed by atoms with E-state index in [4.69, 9.17) is 5.73 Å². The molecule has 1 heterocycles. The van der Waals surface area contributed by atoms with Gasteiger partial charge in [-0.2, -0.15) is 0 Å². The molecule has 1 atom stereocenters. The molecule has 6 nitrogen and oxygen atoms in total. The van der Waals surface area contributed by atoms with Crippen LogP contribution in [0.2, 0.25) is 0 Å². The summed E-state index contributed by atoms with van der Waals surface area (Å²) in [7, 11) is 3.28. The number of carbonyl (C=O) groups excluding carboxylic acids is 2. The van der Waals surface area contributed by atoms with Gasteiger partial charge < -0.3 is 16.0 Å².